The maximum atomic E-state index is 13.3. The van der Waals surface area contributed by atoms with Crippen LogP contribution in [0.1, 0.15) is 55.3 Å². The van der Waals surface area contributed by atoms with Gasteiger partial charge in [0.15, 0.2) is 0 Å². The maximum absolute atomic E-state index is 13.3. The van der Waals surface area contributed by atoms with E-state index in [0.717, 1.165) is 25.2 Å². The van der Waals surface area contributed by atoms with Gasteiger partial charge in [0.2, 0.25) is 5.91 Å². The van der Waals surface area contributed by atoms with E-state index in [-0.39, 0.29) is 11.8 Å². The van der Waals surface area contributed by atoms with Gasteiger partial charge in [-0.1, -0.05) is 19.3 Å². The average molecular weight is 386 g/mol. The van der Waals surface area contributed by atoms with Gasteiger partial charge in [-0.05, 0) is 37.8 Å². The summed E-state index contributed by atoms with van der Waals surface area (Å²) in [7, 11) is 2.07. The SMILES string of the molecule is CN(c1ncccc1C(=O)N1CCC2(CC1)NCCNC2=O)C1CCCCC1. The summed E-state index contributed by atoms with van der Waals surface area (Å²) >= 11 is 0. The first-order valence-electron chi connectivity index (χ1n) is 10.6. The number of carbonyl (C=O) groups is 2. The van der Waals surface area contributed by atoms with Crippen LogP contribution in [0.3, 0.4) is 0 Å². The van der Waals surface area contributed by atoms with Gasteiger partial charge in [-0.3, -0.25) is 9.59 Å². The van der Waals surface area contributed by atoms with Crippen molar-refractivity contribution in [3.63, 3.8) is 0 Å². The largest absolute Gasteiger partial charge is 0.356 e. The summed E-state index contributed by atoms with van der Waals surface area (Å²) in [5.41, 5.74) is 0.165. The molecule has 7 heteroatoms. The Morgan fingerprint density at radius 3 is 2.68 bits per heavy atom. The van der Waals surface area contributed by atoms with Crippen molar-refractivity contribution >= 4 is 17.6 Å². The van der Waals surface area contributed by atoms with Gasteiger partial charge in [-0.2, -0.15) is 0 Å². The number of nitrogens with zero attached hydrogens (tertiary/aromatic N) is 3. The van der Waals surface area contributed by atoms with Crippen LogP contribution < -0.4 is 15.5 Å². The standard InChI is InChI=1S/C21H31N5O2/c1-25(16-6-3-2-4-7-16)18-17(8-5-11-22-18)19(27)26-14-9-21(10-15-26)20(28)23-12-13-24-21/h5,8,11,16,24H,2-4,6-7,9-10,12-15H2,1H3,(H,23,28). The third-order valence-corrected chi connectivity index (χ3v) is 6.69. The highest BCUT2D eigenvalue weighted by Crippen LogP contribution is 2.29. The van der Waals surface area contributed by atoms with Crippen LogP contribution in [0, 0.1) is 0 Å². The van der Waals surface area contributed by atoms with Gasteiger partial charge in [0, 0.05) is 45.5 Å². The number of anilines is 1. The van der Waals surface area contributed by atoms with Gasteiger partial charge < -0.3 is 20.4 Å². The quantitative estimate of drug-likeness (QED) is 0.825. The Morgan fingerprint density at radius 1 is 1.21 bits per heavy atom. The van der Waals surface area contributed by atoms with Crippen molar-refractivity contribution in [2.75, 3.05) is 38.1 Å². The molecule has 28 heavy (non-hydrogen) atoms. The Bertz CT molecular complexity index is 723. The molecule has 3 aliphatic rings. The smallest absolute Gasteiger partial charge is 0.257 e. The predicted octanol–water partition coefficient (Wildman–Crippen LogP) is 1.54. The minimum absolute atomic E-state index is 0.0248. The van der Waals surface area contributed by atoms with Crippen molar-refractivity contribution in [2.45, 2.75) is 56.5 Å². The number of aromatic nitrogens is 1. The van der Waals surface area contributed by atoms with E-state index in [1.165, 1.54) is 19.3 Å². The van der Waals surface area contributed by atoms with Crippen LogP contribution in [0.2, 0.25) is 0 Å². The molecule has 4 rings (SSSR count). The van der Waals surface area contributed by atoms with Crippen LogP contribution in [0.5, 0.6) is 0 Å². The van der Waals surface area contributed by atoms with E-state index in [2.05, 4.69) is 27.6 Å². The molecule has 0 radical (unpaired) electrons. The normalized spacial score (nSPS) is 22.8. The van der Waals surface area contributed by atoms with Crippen molar-refractivity contribution in [1.82, 2.24) is 20.5 Å². The first-order valence-corrected chi connectivity index (χ1v) is 10.6. The molecule has 7 nitrogen and oxygen atoms in total. The minimum Gasteiger partial charge on any atom is -0.356 e. The summed E-state index contributed by atoms with van der Waals surface area (Å²) in [5.74, 6) is 0.884. The number of rotatable bonds is 3. The highest BCUT2D eigenvalue weighted by atomic mass is 16.2. The topological polar surface area (TPSA) is 77.6 Å². The second kappa shape index (κ2) is 8.07. The van der Waals surface area contributed by atoms with Gasteiger partial charge in [0.05, 0.1) is 5.56 Å². The molecule has 1 aromatic heterocycles. The number of pyridine rings is 1. The molecule has 1 aliphatic carbocycles. The van der Waals surface area contributed by atoms with E-state index < -0.39 is 5.54 Å². The Labute approximate surface area is 166 Å². The summed E-state index contributed by atoms with van der Waals surface area (Å²) in [6, 6.07) is 4.18. The fourth-order valence-electron chi connectivity index (χ4n) is 4.88. The Morgan fingerprint density at radius 2 is 1.96 bits per heavy atom. The lowest BCUT2D eigenvalue weighted by Crippen LogP contribution is -2.66. The maximum Gasteiger partial charge on any atom is 0.257 e. The van der Waals surface area contributed by atoms with Crippen molar-refractivity contribution < 1.29 is 9.59 Å². The first kappa shape index (κ1) is 19.2. The van der Waals surface area contributed by atoms with Crippen LogP contribution in [-0.2, 0) is 4.79 Å². The highest BCUT2D eigenvalue weighted by molar-refractivity contribution is 5.99. The molecule has 2 saturated heterocycles. The molecule has 2 aliphatic heterocycles. The lowest BCUT2D eigenvalue weighted by atomic mass is 9.85. The van der Waals surface area contributed by atoms with Crippen molar-refractivity contribution in [3.8, 4) is 0 Å². The number of hydrogen-bond acceptors (Lipinski definition) is 5. The van der Waals surface area contributed by atoms with Crippen LogP contribution in [0.25, 0.3) is 0 Å². The average Bonchev–Trinajstić information content (AvgIpc) is 2.76. The zero-order valence-corrected chi connectivity index (χ0v) is 16.7. The molecule has 0 atom stereocenters. The summed E-state index contributed by atoms with van der Waals surface area (Å²) in [6.45, 7) is 2.63. The third-order valence-electron chi connectivity index (χ3n) is 6.69. The highest BCUT2D eigenvalue weighted by Gasteiger charge is 2.43. The summed E-state index contributed by atoms with van der Waals surface area (Å²) in [6.07, 6.45) is 9.18. The summed E-state index contributed by atoms with van der Waals surface area (Å²) in [4.78, 5) is 34.3. The zero-order valence-electron chi connectivity index (χ0n) is 16.7. The zero-order chi connectivity index (χ0) is 19.6. The van der Waals surface area contributed by atoms with Gasteiger partial charge in [-0.15, -0.1) is 0 Å². The van der Waals surface area contributed by atoms with E-state index in [9.17, 15) is 9.59 Å². The Hall–Kier alpha value is -2.15. The lowest BCUT2D eigenvalue weighted by molar-refractivity contribution is -0.131. The van der Waals surface area contributed by atoms with Gasteiger partial charge in [0.25, 0.3) is 5.91 Å². The molecule has 1 aromatic rings. The summed E-state index contributed by atoms with van der Waals surface area (Å²) in [5, 5.41) is 6.34. The van der Waals surface area contributed by atoms with Gasteiger partial charge in [-0.25, -0.2) is 4.98 Å². The first-order chi connectivity index (χ1) is 13.6. The van der Waals surface area contributed by atoms with E-state index in [0.29, 0.717) is 44.1 Å². The molecular formula is C21H31N5O2. The van der Waals surface area contributed by atoms with E-state index >= 15 is 0 Å². The molecule has 1 spiro atoms. The van der Waals surface area contributed by atoms with E-state index in [1.807, 2.05) is 17.0 Å². The van der Waals surface area contributed by atoms with Crippen LogP contribution in [0.4, 0.5) is 5.82 Å². The molecule has 0 unspecified atom stereocenters. The fourth-order valence-corrected chi connectivity index (χ4v) is 4.88. The summed E-state index contributed by atoms with van der Waals surface area (Å²) < 4.78 is 0. The Kier molecular flexibility index (Phi) is 5.53. The van der Waals surface area contributed by atoms with Gasteiger partial charge >= 0.3 is 0 Å². The van der Waals surface area contributed by atoms with Crippen LogP contribution >= 0.6 is 0 Å². The van der Waals surface area contributed by atoms with Crippen molar-refractivity contribution in [2.24, 2.45) is 0 Å². The fraction of sp³-hybridized carbons (Fsp3) is 0.667. The minimum atomic E-state index is -0.508. The molecule has 3 heterocycles. The van der Waals surface area contributed by atoms with Crippen molar-refractivity contribution in [3.05, 3.63) is 23.9 Å². The number of piperidine rings is 1. The molecule has 0 bridgehead atoms. The second-order valence-corrected chi connectivity index (χ2v) is 8.33. The lowest BCUT2D eigenvalue weighted by Gasteiger charge is -2.43. The molecule has 152 valence electrons. The van der Waals surface area contributed by atoms with Crippen LogP contribution in [0.15, 0.2) is 18.3 Å². The number of carbonyl (C=O) groups excluding carboxylic acids is 2. The van der Waals surface area contributed by atoms with E-state index in [1.54, 1.807) is 6.20 Å². The van der Waals surface area contributed by atoms with Crippen LogP contribution in [-0.4, -0.2) is 66.5 Å². The molecular weight excluding hydrogens is 354 g/mol. The number of hydrogen-bond donors (Lipinski definition) is 2. The molecule has 2 N–H and O–H groups in total. The monoisotopic (exact) mass is 385 g/mol. The number of amides is 2. The number of nitrogens with one attached hydrogen (secondary N) is 2. The third kappa shape index (κ3) is 3.60. The molecule has 3 fully saturated rings. The molecule has 0 aromatic carbocycles. The molecule has 1 saturated carbocycles. The van der Waals surface area contributed by atoms with Gasteiger partial charge in [0.1, 0.15) is 11.4 Å². The second-order valence-electron chi connectivity index (χ2n) is 8.33. The number of likely N-dealkylation sites (tertiary alicyclic amines) is 1. The van der Waals surface area contributed by atoms with Crippen molar-refractivity contribution in [1.29, 1.82) is 0 Å². The van der Waals surface area contributed by atoms with E-state index in [4.69, 9.17) is 0 Å². The molecule has 2 amide bonds. The predicted molar refractivity (Wildman–Crippen MR) is 108 cm³/mol. The Balaban J connectivity index is 1.47. The number of piperazine rings is 1.